The van der Waals surface area contributed by atoms with Crippen molar-refractivity contribution in [1.29, 1.82) is 0 Å². The summed E-state index contributed by atoms with van der Waals surface area (Å²) in [6, 6.07) is 7.86. The van der Waals surface area contributed by atoms with Gasteiger partial charge in [0, 0.05) is 36.4 Å². The van der Waals surface area contributed by atoms with Crippen LogP contribution in [0.4, 0.5) is 5.69 Å². The van der Waals surface area contributed by atoms with E-state index in [-0.39, 0.29) is 5.43 Å². The highest BCUT2D eigenvalue weighted by atomic mass is 35.5. The molecule has 1 fully saturated rings. The van der Waals surface area contributed by atoms with Crippen LogP contribution in [0.1, 0.15) is 52.2 Å². The summed E-state index contributed by atoms with van der Waals surface area (Å²) >= 11 is 6.71. The summed E-state index contributed by atoms with van der Waals surface area (Å²) in [5.74, 6) is 1.68. The van der Waals surface area contributed by atoms with E-state index < -0.39 is 18.3 Å². The van der Waals surface area contributed by atoms with Crippen LogP contribution in [0, 0.1) is 0 Å². The number of anilines is 1. The Kier molecular flexibility index (Phi) is 7.17. The number of aryl methyl sites for hydroxylation is 2. The fourth-order valence-corrected chi connectivity index (χ4v) is 5.43. The molecule has 7 heteroatoms. The molecular formula is C29H36BClN2O3. The molecule has 36 heavy (non-hydrogen) atoms. The van der Waals surface area contributed by atoms with Gasteiger partial charge in [0.15, 0.2) is 5.43 Å². The molecule has 1 aliphatic rings. The molecule has 0 spiro atoms. The van der Waals surface area contributed by atoms with Gasteiger partial charge in [-0.3, -0.25) is 4.79 Å². The molecule has 1 aliphatic heterocycles. The molecular weight excluding hydrogens is 471 g/mol. The molecule has 4 rings (SSSR count). The molecule has 0 N–H and O–H groups in total. The summed E-state index contributed by atoms with van der Waals surface area (Å²) in [6.07, 6.45) is 5.61. The lowest BCUT2D eigenvalue weighted by Gasteiger charge is -2.35. The van der Waals surface area contributed by atoms with Gasteiger partial charge in [-0.15, -0.1) is 6.58 Å². The van der Waals surface area contributed by atoms with Crippen molar-refractivity contribution in [3.05, 3.63) is 69.3 Å². The minimum Gasteiger partial charge on any atom is -0.400 e. The minimum absolute atomic E-state index is 0.00844. The van der Waals surface area contributed by atoms with Crippen LogP contribution in [-0.2, 0) is 22.3 Å². The molecule has 1 unspecified atom stereocenters. The predicted octanol–water partition coefficient (Wildman–Crippen LogP) is 6.66. The number of aromatic nitrogens is 1. The van der Waals surface area contributed by atoms with Gasteiger partial charge in [0.2, 0.25) is 0 Å². The molecule has 3 aromatic rings. The lowest BCUT2D eigenvalue weighted by Crippen LogP contribution is -2.44. The van der Waals surface area contributed by atoms with E-state index in [9.17, 15) is 4.79 Å². The van der Waals surface area contributed by atoms with E-state index in [2.05, 4.69) is 49.0 Å². The third kappa shape index (κ3) is 4.29. The second-order valence-corrected chi connectivity index (χ2v) is 10.8. The smallest absolute Gasteiger partial charge is 0.400 e. The molecule has 0 amide bonds. The maximum absolute atomic E-state index is 13.6. The first kappa shape index (κ1) is 26.5. The van der Waals surface area contributed by atoms with Crippen molar-refractivity contribution < 1.29 is 9.31 Å². The number of hydrogen-bond donors (Lipinski definition) is 0. The van der Waals surface area contributed by atoms with Gasteiger partial charge >= 0.3 is 7.12 Å². The maximum atomic E-state index is 13.6. The first-order valence-corrected chi connectivity index (χ1v) is 13.0. The number of rotatable bonds is 7. The summed E-state index contributed by atoms with van der Waals surface area (Å²) in [4.78, 5) is 15.7. The largest absolute Gasteiger partial charge is 0.486 e. The minimum atomic E-state index is -0.509. The van der Waals surface area contributed by atoms with Gasteiger partial charge in [-0.05, 0) is 69.9 Å². The highest BCUT2D eigenvalue weighted by Gasteiger charge is 2.52. The van der Waals surface area contributed by atoms with Crippen molar-refractivity contribution in [3.63, 3.8) is 0 Å². The topological polar surface area (TPSA) is 43.7 Å². The SMILES string of the molecule is C=CB1OC(C)(C)C(C)(C/C=C/c2cc3c(cc2Cl)c(=O)c2ccc(CC)c(N(C)C)c2n3CC)O1. The Labute approximate surface area is 219 Å². The van der Waals surface area contributed by atoms with E-state index in [4.69, 9.17) is 20.9 Å². The summed E-state index contributed by atoms with van der Waals surface area (Å²) < 4.78 is 14.4. The molecule has 0 saturated carbocycles. The first-order valence-electron chi connectivity index (χ1n) is 12.6. The molecule has 0 aliphatic carbocycles. The number of halogens is 1. The molecule has 1 aromatic heterocycles. The second-order valence-electron chi connectivity index (χ2n) is 10.4. The van der Waals surface area contributed by atoms with Crippen molar-refractivity contribution in [2.75, 3.05) is 19.0 Å². The van der Waals surface area contributed by atoms with Gasteiger partial charge < -0.3 is 18.8 Å². The van der Waals surface area contributed by atoms with Crippen molar-refractivity contribution >= 4 is 52.3 Å². The van der Waals surface area contributed by atoms with Gasteiger partial charge in [-0.1, -0.05) is 42.7 Å². The lowest BCUT2D eigenvalue weighted by molar-refractivity contribution is -0.00661. The third-order valence-electron chi connectivity index (χ3n) is 7.60. The van der Waals surface area contributed by atoms with Crippen LogP contribution < -0.4 is 10.3 Å². The monoisotopic (exact) mass is 506 g/mol. The zero-order valence-electron chi connectivity index (χ0n) is 22.4. The summed E-state index contributed by atoms with van der Waals surface area (Å²) in [6.45, 7) is 14.9. The average molecular weight is 507 g/mol. The van der Waals surface area contributed by atoms with E-state index in [1.807, 2.05) is 52.2 Å². The van der Waals surface area contributed by atoms with Crippen LogP contribution in [-0.4, -0.2) is 37.0 Å². The van der Waals surface area contributed by atoms with Crippen molar-refractivity contribution in [2.24, 2.45) is 0 Å². The molecule has 1 saturated heterocycles. The van der Waals surface area contributed by atoms with Gasteiger partial charge in [-0.25, -0.2) is 0 Å². The Morgan fingerprint density at radius 3 is 2.44 bits per heavy atom. The average Bonchev–Trinajstić information content (AvgIpc) is 3.07. The molecule has 5 nitrogen and oxygen atoms in total. The van der Waals surface area contributed by atoms with Crippen LogP contribution in [0.3, 0.4) is 0 Å². The van der Waals surface area contributed by atoms with Crippen molar-refractivity contribution in [1.82, 2.24) is 4.57 Å². The van der Waals surface area contributed by atoms with E-state index in [0.717, 1.165) is 40.6 Å². The maximum Gasteiger partial charge on any atom is 0.486 e. The summed E-state index contributed by atoms with van der Waals surface area (Å²) in [5, 5.41) is 1.90. The van der Waals surface area contributed by atoms with Gasteiger partial charge in [0.25, 0.3) is 0 Å². The van der Waals surface area contributed by atoms with Gasteiger partial charge in [0.05, 0.1) is 27.9 Å². The molecule has 2 aromatic carbocycles. The normalized spacial score (nSPS) is 19.6. The fraction of sp³-hybridized carbons (Fsp3) is 0.414. The predicted molar refractivity (Wildman–Crippen MR) is 154 cm³/mol. The van der Waals surface area contributed by atoms with E-state index in [0.29, 0.717) is 16.8 Å². The standard InChI is InChI=1S/C29H36BClN2O3/c1-9-19-14-15-21-26(25(19)32(7)8)33(11-3)24-17-20(23(31)18-22(24)27(21)34)13-12-16-29(6)28(4,5)35-30(10-2)36-29/h10,12-15,17-18H,2,9,11,16H2,1,3-8H3/b13-12+. The highest BCUT2D eigenvalue weighted by Crippen LogP contribution is 2.40. The Morgan fingerprint density at radius 1 is 1.14 bits per heavy atom. The van der Waals surface area contributed by atoms with Crippen molar-refractivity contribution in [2.45, 2.75) is 65.2 Å². The third-order valence-corrected chi connectivity index (χ3v) is 7.93. The van der Waals surface area contributed by atoms with Crippen molar-refractivity contribution in [3.8, 4) is 0 Å². The summed E-state index contributed by atoms with van der Waals surface area (Å²) in [7, 11) is 3.65. The molecule has 0 bridgehead atoms. The number of benzene rings is 2. The van der Waals surface area contributed by atoms with E-state index in [1.165, 1.54) is 5.56 Å². The Balaban J connectivity index is 1.86. The molecule has 2 heterocycles. The quantitative estimate of drug-likeness (QED) is 0.265. The highest BCUT2D eigenvalue weighted by molar-refractivity contribution is 6.51. The number of pyridine rings is 1. The fourth-order valence-electron chi connectivity index (χ4n) is 5.21. The van der Waals surface area contributed by atoms with E-state index >= 15 is 0 Å². The Morgan fingerprint density at radius 2 is 1.86 bits per heavy atom. The number of nitrogens with zero attached hydrogens (tertiary/aromatic N) is 2. The molecule has 1 atom stereocenters. The second kappa shape index (κ2) is 9.73. The Hall–Kier alpha value is -2.54. The molecule has 0 radical (unpaired) electrons. The number of hydrogen-bond acceptors (Lipinski definition) is 4. The van der Waals surface area contributed by atoms with Gasteiger partial charge in [0.1, 0.15) is 0 Å². The van der Waals surface area contributed by atoms with Crippen LogP contribution >= 0.6 is 11.6 Å². The molecule has 190 valence electrons. The first-order chi connectivity index (χ1) is 17.0. The van der Waals surface area contributed by atoms with Crippen LogP contribution in [0.2, 0.25) is 5.02 Å². The van der Waals surface area contributed by atoms with E-state index in [1.54, 1.807) is 5.98 Å². The van der Waals surface area contributed by atoms with Crippen LogP contribution in [0.15, 0.2) is 47.7 Å². The number of fused-ring (bicyclic) bond motifs is 2. The van der Waals surface area contributed by atoms with Gasteiger partial charge in [-0.2, -0.15) is 0 Å². The zero-order chi connectivity index (χ0) is 26.4. The van der Waals surface area contributed by atoms with Crippen LogP contribution in [0.25, 0.3) is 27.9 Å². The summed E-state index contributed by atoms with van der Waals surface area (Å²) in [5.41, 5.74) is 4.06. The lowest BCUT2D eigenvalue weighted by atomic mass is 9.84. The zero-order valence-corrected chi connectivity index (χ0v) is 23.2. The Bertz CT molecular complexity index is 1430. The van der Waals surface area contributed by atoms with Crippen LogP contribution in [0.5, 0.6) is 0 Å².